The van der Waals surface area contributed by atoms with E-state index in [4.69, 9.17) is 19.3 Å². The summed E-state index contributed by atoms with van der Waals surface area (Å²) in [4.78, 5) is 38.9. The predicted molar refractivity (Wildman–Crippen MR) is 124 cm³/mol. The molecule has 198 valence electrons. The van der Waals surface area contributed by atoms with Gasteiger partial charge in [-0.25, -0.2) is 4.79 Å². The van der Waals surface area contributed by atoms with Gasteiger partial charge in [0.15, 0.2) is 17.5 Å². The maximum absolute atomic E-state index is 13.9. The van der Waals surface area contributed by atoms with Crippen LogP contribution in [0.4, 0.5) is 4.79 Å². The Morgan fingerprint density at radius 3 is 2.40 bits per heavy atom. The number of nitrogens with one attached hydrogen (secondary N) is 1. The first-order valence-corrected chi connectivity index (χ1v) is 12.0. The summed E-state index contributed by atoms with van der Waals surface area (Å²) in [6.07, 6.45) is -2.56. The van der Waals surface area contributed by atoms with Crippen LogP contribution in [0.1, 0.15) is 60.8 Å². The molecule has 2 aliphatic carbocycles. The third kappa shape index (κ3) is 3.89. The minimum absolute atomic E-state index is 0.0670. The average molecular weight is 498 g/mol. The normalized spacial score (nSPS) is 44.4. The number of ketones is 1. The molecule has 3 aliphatic rings. The predicted octanol–water partition coefficient (Wildman–Crippen LogP) is 1.25. The van der Waals surface area contributed by atoms with Crippen LogP contribution >= 0.6 is 0 Å². The molecule has 35 heavy (non-hydrogen) atoms. The molecule has 0 aromatic carbocycles. The molecule has 4 N–H and O–H groups in total. The average Bonchev–Trinajstić information content (AvgIpc) is 2.75. The van der Waals surface area contributed by atoms with Crippen LogP contribution in [-0.4, -0.2) is 81.4 Å². The van der Waals surface area contributed by atoms with Crippen LogP contribution < -0.4 is 5.32 Å². The third-order valence-electron chi connectivity index (χ3n) is 8.62. The maximum Gasteiger partial charge on any atom is 0.407 e. The van der Waals surface area contributed by atoms with Gasteiger partial charge in [-0.1, -0.05) is 26.8 Å². The van der Waals surface area contributed by atoms with Crippen molar-refractivity contribution in [2.45, 2.75) is 95.9 Å². The Bertz CT molecular complexity index is 905. The van der Waals surface area contributed by atoms with Gasteiger partial charge in [-0.15, -0.1) is 6.58 Å². The Labute approximate surface area is 206 Å². The van der Waals surface area contributed by atoms with Crippen LogP contribution in [0.2, 0.25) is 0 Å². The quantitative estimate of drug-likeness (QED) is 0.325. The number of ether oxygens (including phenoxy) is 3. The van der Waals surface area contributed by atoms with E-state index in [2.05, 4.69) is 11.9 Å². The number of aliphatic hydroxyl groups is 3. The Kier molecular flexibility index (Phi) is 6.96. The van der Waals surface area contributed by atoms with Crippen LogP contribution in [0.15, 0.2) is 12.7 Å². The second kappa shape index (κ2) is 8.83. The summed E-state index contributed by atoms with van der Waals surface area (Å²) >= 11 is 0. The molecule has 10 nitrogen and oxygen atoms in total. The van der Waals surface area contributed by atoms with Gasteiger partial charge in [-0.3, -0.25) is 9.59 Å². The number of alkyl carbamates (subject to hydrolysis) is 1. The Morgan fingerprint density at radius 2 is 1.86 bits per heavy atom. The van der Waals surface area contributed by atoms with Crippen molar-refractivity contribution in [3.05, 3.63) is 12.7 Å². The maximum atomic E-state index is 13.9. The third-order valence-corrected chi connectivity index (χ3v) is 8.62. The lowest BCUT2D eigenvalue weighted by atomic mass is 9.39. The minimum atomic E-state index is -2.29. The molecule has 1 heterocycles. The number of hydrogen-bond acceptors (Lipinski definition) is 9. The Morgan fingerprint density at radius 1 is 1.23 bits per heavy atom. The fourth-order valence-corrected chi connectivity index (χ4v) is 7.07. The number of aliphatic hydroxyl groups excluding tert-OH is 2. The lowest BCUT2D eigenvalue weighted by molar-refractivity contribution is -0.369. The van der Waals surface area contributed by atoms with E-state index in [0.717, 1.165) is 0 Å². The molecule has 0 aromatic rings. The molecule has 1 aliphatic heterocycles. The molecular formula is C25H39NO9. The number of carbonyl (C=O) groups excluding carboxylic acids is 3. The van der Waals surface area contributed by atoms with E-state index in [1.165, 1.54) is 19.9 Å². The fraction of sp³-hybridized carbons (Fsp3) is 0.800. The second-order valence-electron chi connectivity index (χ2n) is 11.4. The van der Waals surface area contributed by atoms with Crippen molar-refractivity contribution >= 4 is 17.8 Å². The SMILES string of the molecule is C=C[C@@]1(C)CC(=O)[C@]2(O)[C@@]3(C)[C@@H](O)CCC(C)(C)[C@@H]3[C@H](OC(=O)NCCO)[C@H](OC(C)=O)[C@@]2(C)O1. The van der Waals surface area contributed by atoms with Crippen LogP contribution in [-0.2, 0) is 23.8 Å². The van der Waals surface area contributed by atoms with Gasteiger partial charge in [0.2, 0.25) is 0 Å². The van der Waals surface area contributed by atoms with Crippen molar-refractivity contribution < 1.29 is 43.9 Å². The van der Waals surface area contributed by atoms with Crippen molar-refractivity contribution in [1.82, 2.24) is 5.32 Å². The summed E-state index contributed by atoms with van der Waals surface area (Å²) in [5, 5.41) is 35.4. The summed E-state index contributed by atoms with van der Waals surface area (Å²) < 4.78 is 17.9. The van der Waals surface area contributed by atoms with Crippen molar-refractivity contribution in [3.63, 3.8) is 0 Å². The van der Waals surface area contributed by atoms with E-state index < -0.39 is 69.7 Å². The number of carbonyl (C=O) groups is 3. The van der Waals surface area contributed by atoms with Crippen LogP contribution in [0.5, 0.6) is 0 Å². The Hall–Kier alpha value is -2.01. The van der Waals surface area contributed by atoms with Gasteiger partial charge < -0.3 is 34.8 Å². The molecule has 0 spiro atoms. The monoisotopic (exact) mass is 497 g/mol. The zero-order chi connectivity index (χ0) is 26.6. The molecular weight excluding hydrogens is 458 g/mol. The molecule has 1 saturated heterocycles. The van der Waals surface area contributed by atoms with E-state index in [0.29, 0.717) is 12.8 Å². The Balaban J connectivity index is 2.32. The van der Waals surface area contributed by atoms with Crippen LogP contribution in [0.3, 0.4) is 0 Å². The first kappa shape index (κ1) is 27.6. The highest BCUT2D eigenvalue weighted by Crippen LogP contribution is 2.67. The molecule has 8 atom stereocenters. The molecule has 0 bridgehead atoms. The van der Waals surface area contributed by atoms with Crippen molar-refractivity contribution in [2.24, 2.45) is 16.7 Å². The smallest absolute Gasteiger partial charge is 0.407 e. The highest BCUT2D eigenvalue weighted by atomic mass is 16.6. The number of rotatable bonds is 5. The summed E-state index contributed by atoms with van der Waals surface area (Å²) in [5.41, 5.74) is -7.57. The summed E-state index contributed by atoms with van der Waals surface area (Å²) in [5.74, 6) is -2.09. The molecule has 0 radical (unpaired) electrons. The first-order valence-electron chi connectivity index (χ1n) is 12.0. The summed E-state index contributed by atoms with van der Waals surface area (Å²) in [6.45, 7) is 13.1. The molecule has 10 heteroatoms. The molecule has 0 aromatic heterocycles. The topological polar surface area (TPSA) is 152 Å². The summed E-state index contributed by atoms with van der Waals surface area (Å²) in [7, 11) is 0. The van der Waals surface area contributed by atoms with Crippen LogP contribution in [0, 0.1) is 16.7 Å². The fourth-order valence-electron chi connectivity index (χ4n) is 7.07. The zero-order valence-corrected chi connectivity index (χ0v) is 21.4. The van der Waals surface area contributed by atoms with E-state index in [9.17, 15) is 24.6 Å². The van der Waals surface area contributed by atoms with Gasteiger partial charge in [0.25, 0.3) is 0 Å². The molecule has 0 unspecified atom stereocenters. The lowest BCUT2D eigenvalue weighted by Crippen LogP contribution is -2.87. The van der Waals surface area contributed by atoms with Gasteiger partial charge in [0, 0.05) is 31.2 Å². The second-order valence-corrected chi connectivity index (χ2v) is 11.4. The highest BCUT2D eigenvalue weighted by Gasteiger charge is 2.82. The number of fused-ring (bicyclic) bond motifs is 3. The van der Waals surface area contributed by atoms with Gasteiger partial charge in [-0.05, 0) is 32.1 Å². The lowest BCUT2D eigenvalue weighted by Gasteiger charge is -2.71. The van der Waals surface area contributed by atoms with E-state index in [1.54, 1.807) is 13.8 Å². The summed E-state index contributed by atoms with van der Waals surface area (Å²) in [6, 6.07) is 0. The zero-order valence-electron chi connectivity index (χ0n) is 21.4. The minimum Gasteiger partial charge on any atom is -0.455 e. The van der Waals surface area contributed by atoms with Crippen LogP contribution in [0.25, 0.3) is 0 Å². The number of amides is 1. The number of hydrogen-bond donors (Lipinski definition) is 4. The van der Waals surface area contributed by atoms with Crippen molar-refractivity contribution in [3.8, 4) is 0 Å². The van der Waals surface area contributed by atoms with Gasteiger partial charge in [0.05, 0.1) is 18.3 Å². The van der Waals surface area contributed by atoms with Crippen molar-refractivity contribution in [2.75, 3.05) is 13.2 Å². The van der Waals surface area contributed by atoms with Gasteiger partial charge in [-0.2, -0.15) is 0 Å². The van der Waals surface area contributed by atoms with Gasteiger partial charge >= 0.3 is 12.1 Å². The highest BCUT2D eigenvalue weighted by molar-refractivity contribution is 5.92. The molecule has 3 rings (SSSR count). The standard InChI is InChI=1S/C25H39NO9/c1-8-22(5)13-16(30)25(32)23(6)15(29)9-10-21(3,4)18(23)17(34-20(31)26-11-12-27)19(33-14(2)28)24(25,7)35-22/h8,15,17-19,27,29,32H,1,9-13H2,2-7H3,(H,26,31)/t15-,17-,18-,19-,22-,23-,24+,25-/m0/s1. The number of esters is 1. The first-order chi connectivity index (χ1) is 16.0. The van der Waals surface area contributed by atoms with E-state index in [1.807, 2.05) is 13.8 Å². The largest absolute Gasteiger partial charge is 0.455 e. The number of Topliss-reactive ketones (excluding diaryl/α,β-unsaturated/α-hetero) is 1. The van der Waals surface area contributed by atoms with E-state index in [-0.39, 0.29) is 19.6 Å². The van der Waals surface area contributed by atoms with Gasteiger partial charge in [0.1, 0.15) is 11.7 Å². The van der Waals surface area contributed by atoms with Crippen molar-refractivity contribution in [1.29, 1.82) is 0 Å². The molecule has 2 saturated carbocycles. The molecule has 3 fully saturated rings. The van der Waals surface area contributed by atoms with E-state index >= 15 is 0 Å². The molecule has 1 amide bonds.